The van der Waals surface area contributed by atoms with Gasteiger partial charge in [0.25, 0.3) is 5.91 Å². The number of rotatable bonds is 7. The predicted octanol–water partition coefficient (Wildman–Crippen LogP) is 2.55. The Balaban J connectivity index is 2.46. The van der Waals surface area contributed by atoms with Crippen molar-refractivity contribution in [1.29, 1.82) is 0 Å². The average molecular weight is 293 g/mol. The summed E-state index contributed by atoms with van der Waals surface area (Å²) in [5.41, 5.74) is 0.391. The second-order valence-corrected chi connectivity index (χ2v) is 5.14. The zero-order chi connectivity index (χ0) is 15.8. The number of nitrogens with one attached hydrogen (secondary N) is 1. The minimum Gasteiger partial charge on any atom is -0.491 e. The second kappa shape index (κ2) is 8.29. The van der Waals surface area contributed by atoms with Crippen molar-refractivity contribution in [1.82, 2.24) is 5.32 Å². The number of benzene rings is 1. The number of ether oxygens (including phenoxy) is 2. The lowest BCUT2D eigenvalue weighted by atomic mass is 10.2. The van der Waals surface area contributed by atoms with Gasteiger partial charge in [0.1, 0.15) is 5.75 Å². The highest BCUT2D eigenvalue weighted by Gasteiger charge is 2.11. The van der Waals surface area contributed by atoms with Crippen molar-refractivity contribution in [2.45, 2.75) is 46.3 Å². The van der Waals surface area contributed by atoms with Gasteiger partial charge in [-0.1, -0.05) is 6.92 Å². The molecular formula is C16H23NO4. The topological polar surface area (TPSA) is 64.6 Å². The standard InChI is InChI=1S/C16H23NO4/c1-5-12(4)17-15(18)10-20-16(19)13-6-8-14(9-7-13)21-11(2)3/h6-9,11-12H,5,10H2,1-4H3,(H,17,18). The van der Waals surface area contributed by atoms with Gasteiger partial charge in [0.15, 0.2) is 6.61 Å². The zero-order valence-electron chi connectivity index (χ0n) is 13.0. The highest BCUT2D eigenvalue weighted by atomic mass is 16.5. The molecule has 0 aliphatic rings. The lowest BCUT2D eigenvalue weighted by molar-refractivity contribution is -0.124. The summed E-state index contributed by atoms with van der Waals surface area (Å²) in [5, 5.41) is 2.73. The number of carbonyl (C=O) groups is 2. The summed E-state index contributed by atoms with van der Waals surface area (Å²) in [7, 11) is 0. The zero-order valence-corrected chi connectivity index (χ0v) is 13.0. The minimum atomic E-state index is -0.523. The molecule has 1 amide bonds. The SMILES string of the molecule is CCC(C)NC(=O)COC(=O)c1ccc(OC(C)C)cc1. The fourth-order valence-corrected chi connectivity index (χ4v) is 1.57. The van der Waals surface area contributed by atoms with E-state index in [4.69, 9.17) is 9.47 Å². The molecule has 0 spiro atoms. The molecule has 0 radical (unpaired) electrons. The third-order valence-electron chi connectivity index (χ3n) is 2.82. The van der Waals surface area contributed by atoms with Crippen molar-refractivity contribution in [2.75, 3.05) is 6.61 Å². The summed E-state index contributed by atoms with van der Waals surface area (Å²) in [4.78, 5) is 23.3. The van der Waals surface area contributed by atoms with Gasteiger partial charge in [-0.3, -0.25) is 4.79 Å². The van der Waals surface area contributed by atoms with E-state index in [9.17, 15) is 9.59 Å². The van der Waals surface area contributed by atoms with Crippen LogP contribution in [0.2, 0.25) is 0 Å². The Morgan fingerprint density at radius 2 is 1.76 bits per heavy atom. The molecule has 0 aromatic heterocycles. The summed E-state index contributed by atoms with van der Waals surface area (Å²) in [5.74, 6) is -0.126. The Labute approximate surface area is 125 Å². The van der Waals surface area contributed by atoms with Gasteiger partial charge in [-0.05, 0) is 51.5 Å². The molecule has 0 aliphatic heterocycles. The van der Waals surface area contributed by atoms with Crippen LogP contribution >= 0.6 is 0 Å². The number of hydrogen-bond donors (Lipinski definition) is 1. The summed E-state index contributed by atoms with van der Waals surface area (Å²) >= 11 is 0. The third kappa shape index (κ3) is 6.29. The second-order valence-electron chi connectivity index (χ2n) is 5.14. The fourth-order valence-electron chi connectivity index (χ4n) is 1.57. The average Bonchev–Trinajstić information content (AvgIpc) is 2.44. The monoisotopic (exact) mass is 293 g/mol. The lowest BCUT2D eigenvalue weighted by Gasteiger charge is -2.12. The van der Waals surface area contributed by atoms with Gasteiger partial charge in [-0.25, -0.2) is 4.79 Å². The van der Waals surface area contributed by atoms with Gasteiger partial charge < -0.3 is 14.8 Å². The molecule has 1 atom stereocenters. The Kier molecular flexibility index (Phi) is 6.72. The van der Waals surface area contributed by atoms with Crippen molar-refractivity contribution in [3.8, 4) is 5.75 Å². The smallest absolute Gasteiger partial charge is 0.338 e. The first-order chi connectivity index (χ1) is 9.92. The molecule has 0 saturated carbocycles. The maximum atomic E-state index is 11.8. The van der Waals surface area contributed by atoms with Crippen LogP contribution in [0, 0.1) is 0 Å². The molecule has 5 heteroatoms. The van der Waals surface area contributed by atoms with Crippen molar-refractivity contribution in [3.05, 3.63) is 29.8 Å². The Morgan fingerprint density at radius 1 is 1.14 bits per heavy atom. The molecule has 0 saturated heterocycles. The molecule has 1 N–H and O–H groups in total. The summed E-state index contributed by atoms with van der Waals surface area (Å²) in [6, 6.07) is 6.72. The third-order valence-corrected chi connectivity index (χ3v) is 2.82. The van der Waals surface area contributed by atoms with Crippen molar-refractivity contribution in [3.63, 3.8) is 0 Å². The van der Waals surface area contributed by atoms with Crippen LogP contribution in [-0.4, -0.2) is 30.6 Å². The highest BCUT2D eigenvalue weighted by Crippen LogP contribution is 2.14. The van der Waals surface area contributed by atoms with Gasteiger partial charge >= 0.3 is 5.97 Å². The van der Waals surface area contributed by atoms with E-state index < -0.39 is 5.97 Å². The molecule has 0 fully saturated rings. The van der Waals surface area contributed by atoms with Crippen LogP contribution in [0.3, 0.4) is 0 Å². The van der Waals surface area contributed by atoms with Crippen molar-refractivity contribution < 1.29 is 19.1 Å². The molecule has 1 rings (SSSR count). The molecule has 116 valence electrons. The van der Waals surface area contributed by atoms with Crippen LogP contribution in [-0.2, 0) is 9.53 Å². The van der Waals surface area contributed by atoms with Crippen LogP contribution in [0.4, 0.5) is 0 Å². The maximum absolute atomic E-state index is 11.8. The molecule has 21 heavy (non-hydrogen) atoms. The van der Waals surface area contributed by atoms with Gasteiger partial charge in [0, 0.05) is 6.04 Å². The quantitative estimate of drug-likeness (QED) is 0.785. The van der Waals surface area contributed by atoms with E-state index in [-0.39, 0.29) is 24.7 Å². The Bertz CT molecular complexity index is 468. The predicted molar refractivity (Wildman–Crippen MR) is 80.4 cm³/mol. The van der Waals surface area contributed by atoms with Gasteiger partial charge in [0.05, 0.1) is 11.7 Å². The summed E-state index contributed by atoms with van der Waals surface area (Å²) in [6.45, 7) is 7.45. The molecule has 0 heterocycles. The molecule has 1 unspecified atom stereocenters. The van der Waals surface area contributed by atoms with Crippen molar-refractivity contribution in [2.24, 2.45) is 0 Å². The molecular weight excluding hydrogens is 270 g/mol. The van der Waals surface area contributed by atoms with E-state index in [1.54, 1.807) is 24.3 Å². The normalized spacial score (nSPS) is 11.9. The highest BCUT2D eigenvalue weighted by molar-refractivity contribution is 5.91. The van der Waals surface area contributed by atoms with E-state index in [0.29, 0.717) is 11.3 Å². The van der Waals surface area contributed by atoms with Crippen LogP contribution in [0.25, 0.3) is 0 Å². The fraction of sp³-hybridized carbons (Fsp3) is 0.500. The van der Waals surface area contributed by atoms with Crippen LogP contribution in [0.15, 0.2) is 24.3 Å². The number of amides is 1. The van der Waals surface area contributed by atoms with E-state index in [1.807, 2.05) is 27.7 Å². The van der Waals surface area contributed by atoms with E-state index in [1.165, 1.54) is 0 Å². The van der Waals surface area contributed by atoms with Crippen LogP contribution in [0.1, 0.15) is 44.5 Å². The Hall–Kier alpha value is -2.04. The number of carbonyl (C=O) groups excluding carboxylic acids is 2. The first kappa shape index (κ1) is 17.0. The summed E-state index contributed by atoms with van der Waals surface area (Å²) in [6.07, 6.45) is 0.906. The molecule has 0 bridgehead atoms. The van der Waals surface area contributed by atoms with Gasteiger partial charge in [0.2, 0.25) is 0 Å². The van der Waals surface area contributed by atoms with Crippen LogP contribution in [0.5, 0.6) is 5.75 Å². The minimum absolute atomic E-state index is 0.0728. The molecule has 5 nitrogen and oxygen atoms in total. The number of esters is 1. The molecule has 1 aromatic rings. The number of hydrogen-bond acceptors (Lipinski definition) is 4. The first-order valence-corrected chi connectivity index (χ1v) is 7.15. The summed E-state index contributed by atoms with van der Waals surface area (Å²) < 4.78 is 10.5. The molecule has 1 aromatic carbocycles. The maximum Gasteiger partial charge on any atom is 0.338 e. The largest absolute Gasteiger partial charge is 0.491 e. The van der Waals surface area contributed by atoms with Gasteiger partial charge in [-0.15, -0.1) is 0 Å². The van der Waals surface area contributed by atoms with Crippen molar-refractivity contribution >= 4 is 11.9 Å². The lowest BCUT2D eigenvalue weighted by Crippen LogP contribution is -2.35. The van der Waals surface area contributed by atoms with E-state index in [0.717, 1.165) is 6.42 Å². The Morgan fingerprint density at radius 3 is 2.29 bits per heavy atom. The van der Waals surface area contributed by atoms with E-state index in [2.05, 4.69) is 5.32 Å². The molecule has 0 aliphatic carbocycles. The van der Waals surface area contributed by atoms with E-state index >= 15 is 0 Å². The van der Waals surface area contributed by atoms with Gasteiger partial charge in [-0.2, -0.15) is 0 Å². The first-order valence-electron chi connectivity index (χ1n) is 7.15. The van der Waals surface area contributed by atoms with Crippen LogP contribution < -0.4 is 10.1 Å².